The summed E-state index contributed by atoms with van der Waals surface area (Å²) in [5, 5.41) is 0. The SMILES string of the molecule is [C]=CC=CCCCCCCCCCCCCCCCCCCCCCCCC. The van der Waals surface area contributed by atoms with Crippen LogP contribution in [0.1, 0.15) is 155 Å². The Bertz CT molecular complexity index is 301. The average molecular weight is 389 g/mol. The molecule has 0 unspecified atom stereocenters. The van der Waals surface area contributed by atoms with Gasteiger partial charge in [0.1, 0.15) is 0 Å². The summed E-state index contributed by atoms with van der Waals surface area (Å²) in [6.45, 7) is 9.22. The van der Waals surface area contributed by atoms with E-state index >= 15 is 0 Å². The quantitative estimate of drug-likeness (QED) is 0.114. The molecule has 0 aliphatic heterocycles. The predicted octanol–water partition coefficient (Wildman–Crippen LogP) is 10.4. The van der Waals surface area contributed by atoms with E-state index in [2.05, 4.69) is 13.0 Å². The van der Waals surface area contributed by atoms with Crippen LogP contribution < -0.4 is 0 Å². The fraction of sp³-hybridized carbons (Fsp3) is 0.857. The van der Waals surface area contributed by atoms with Crippen LogP contribution in [0.4, 0.5) is 0 Å². The molecule has 0 nitrogen and oxygen atoms in total. The van der Waals surface area contributed by atoms with E-state index in [1.165, 1.54) is 147 Å². The third-order valence-corrected chi connectivity index (χ3v) is 5.96. The summed E-state index contributed by atoms with van der Waals surface area (Å²) in [5.41, 5.74) is 0. The Morgan fingerprint density at radius 1 is 0.429 bits per heavy atom. The molecule has 0 aromatic rings. The first-order valence-corrected chi connectivity index (χ1v) is 13.1. The van der Waals surface area contributed by atoms with Crippen molar-refractivity contribution in [3.63, 3.8) is 0 Å². The standard InChI is InChI=1S/C28H52/c1-3-5-7-9-11-13-15-17-19-21-23-25-27-28-26-24-22-20-18-16-14-12-10-8-6-4-2/h4,6,8H,3,5,7,9-28H2,1H3. The minimum absolute atomic E-state index is 1.15. The van der Waals surface area contributed by atoms with Crippen molar-refractivity contribution in [2.45, 2.75) is 155 Å². The van der Waals surface area contributed by atoms with Gasteiger partial charge in [-0.3, -0.25) is 0 Å². The minimum Gasteiger partial charge on any atom is -0.0845 e. The van der Waals surface area contributed by atoms with Gasteiger partial charge in [-0.2, -0.15) is 0 Å². The molecule has 0 heteroatoms. The van der Waals surface area contributed by atoms with Crippen LogP contribution in [0.25, 0.3) is 0 Å². The second-order valence-electron chi connectivity index (χ2n) is 8.81. The first-order chi connectivity index (χ1) is 13.9. The first-order valence-electron chi connectivity index (χ1n) is 13.1. The highest BCUT2D eigenvalue weighted by Crippen LogP contribution is 2.15. The van der Waals surface area contributed by atoms with Crippen molar-refractivity contribution in [3.05, 3.63) is 24.8 Å². The summed E-state index contributed by atoms with van der Waals surface area (Å²) in [4.78, 5) is 0. The highest BCUT2D eigenvalue weighted by molar-refractivity contribution is 4.95. The fourth-order valence-electron chi connectivity index (χ4n) is 4.04. The lowest BCUT2D eigenvalue weighted by atomic mass is 10.0. The van der Waals surface area contributed by atoms with Crippen LogP contribution in [0.3, 0.4) is 0 Å². The maximum Gasteiger partial charge on any atom is -0.00991 e. The van der Waals surface area contributed by atoms with E-state index in [1.807, 2.05) is 6.08 Å². The van der Waals surface area contributed by atoms with Crippen molar-refractivity contribution in [3.8, 4) is 0 Å². The Morgan fingerprint density at radius 2 is 0.714 bits per heavy atom. The Labute approximate surface area is 179 Å². The molecule has 0 aliphatic carbocycles. The van der Waals surface area contributed by atoms with Crippen LogP contribution >= 0.6 is 0 Å². The number of unbranched alkanes of at least 4 members (excludes halogenated alkanes) is 22. The van der Waals surface area contributed by atoms with Crippen molar-refractivity contribution in [1.82, 2.24) is 0 Å². The highest BCUT2D eigenvalue weighted by atomic mass is 14.0. The third-order valence-electron chi connectivity index (χ3n) is 5.96. The van der Waals surface area contributed by atoms with Gasteiger partial charge in [0.15, 0.2) is 0 Å². The van der Waals surface area contributed by atoms with E-state index < -0.39 is 0 Å². The van der Waals surface area contributed by atoms with Crippen molar-refractivity contribution >= 4 is 0 Å². The summed E-state index contributed by atoms with van der Waals surface area (Å²) in [5.74, 6) is 0. The molecule has 0 spiro atoms. The van der Waals surface area contributed by atoms with Gasteiger partial charge in [-0.25, -0.2) is 0 Å². The van der Waals surface area contributed by atoms with Gasteiger partial charge in [0.25, 0.3) is 0 Å². The normalized spacial score (nSPS) is 11.5. The molecule has 0 rings (SSSR count). The summed E-state index contributed by atoms with van der Waals surface area (Å²) >= 11 is 0. The van der Waals surface area contributed by atoms with Crippen LogP contribution in [-0.2, 0) is 0 Å². The minimum atomic E-state index is 1.15. The Kier molecular flexibility index (Phi) is 26.0. The van der Waals surface area contributed by atoms with E-state index in [0.717, 1.165) is 6.42 Å². The fourth-order valence-corrected chi connectivity index (χ4v) is 4.04. The molecule has 2 radical (unpaired) electrons. The van der Waals surface area contributed by atoms with Crippen LogP contribution in [-0.4, -0.2) is 0 Å². The van der Waals surface area contributed by atoms with Crippen LogP contribution in [0.2, 0.25) is 0 Å². The molecule has 0 saturated carbocycles. The molecule has 0 heterocycles. The Balaban J connectivity index is 2.99. The molecular weight excluding hydrogens is 336 g/mol. The van der Waals surface area contributed by atoms with Crippen LogP contribution in [0.15, 0.2) is 18.2 Å². The van der Waals surface area contributed by atoms with E-state index in [4.69, 9.17) is 6.58 Å². The number of rotatable bonds is 24. The summed E-state index contributed by atoms with van der Waals surface area (Å²) in [7, 11) is 0. The molecule has 0 amide bonds. The number of hydrogen-bond acceptors (Lipinski definition) is 0. The molecule has 28 heavy (non-hydrogen) atoms. The molecule has 0 aliphatic rings. The van der Waals surface area contributed by atoms with E-state index in [9.17, 15) is 0 Å². The van der Waals surface area contributed by atoms with Gasteiger partial charge in [-0.1, -0.05) is 160 Å². The summed E-state index contributed by atoms with van der Waals surface area (Å²) < 4.78 is 0. The largest absolute Gasteiger partial charge is 0.0845 e. The van der Waals surface area contributed by atoms with Gasteiger partial charge in [-0.15, -0.1) is 0 Å². The maximum atomic E-state index is 6.92. The lowest BCUT2D eigenvalue weighted by Gasteiger charge is -2.04. The lowest BCUT2D eigenvalue weighted by molar-refractivity contribution is 0.519. The highest BCUT2D eigenvalue weighted by Gasteiger charge is 1.95. The first kappa shape index (κ1) is 27.5. The summed E-state index contributed by atoms with van der Waals surface area (Å²) in [6.07, 6.45) is 38.3. The monoisotopic (exact) mass is 388 g/mol. The zero-order valence-electron chi connectivity index (χ0n) is 19.5. The molecule has 0 aromatic carbocycles. The summed E-state index contributed by atoms with van der Waals surface area (Å²) in [6, 6.07) is 0. The zero-order chi connectivity index (χ0) is 20.4. The van der Waals surface area contributed by atoms with Crippen molar-refractivity contribution in [1.29, 1.82) is 0 Å². The van der Waals surface area contributed by atoms with Crippen molar-refractivity contribution < 1.29 is 0 Å². The van der Waals surface area contributed by atoms with E-state index in [0.29, 0.717) is 0 Å². The van der Waals surface area contributed by atoms with Gasteiger partial charge in [0, 0.05) is 0 Å². The average Bonchev–Trinajstić information content (AvgIpc) is 2.71. The molecule has 0 aromatic heterocycles. The van der Waals surface area contributed by atoms with Crippen LogP contribution in [0.5, 0.6) is 0 Å². The van der Waals surface area contributed by atoms with E-state index in [-0.39, 0.29) is 0 Å². The van der Waals surface area contributed by atoms with Crippen LogP contribution in [0, 0.1) is 6.58 Å². The van der Waals surface area contributed by atoms with E-state index in [1.54, 1.807) is 0 Å². The topological polar surface area (TPSA) is 0 Å². The van der Waals surface area contributed by atoms with Gasteiger partial charge >= 0.3 is 0 Å². The molecule has 0 atom stereocenters. The Hall–Kier alpha value is -0.520. The third kappa shape index (κ3) is 25.5. The molecule has 0 N–H and O–H groups in total. The molecule has 0 saturated heterocycles. The second-order valence-corrected chi connectivity index (χ2v) is 8.81. The molecular formula is C28H52. The zero-order valence-corrected chi connectivity index (χ0v) is 19.5. The number of allylic oxidation sites excluding steroid dienone is 3. The van der Waals surface area contributed by atoms with Gasteiger partial charge in [-0.05, 0) is 19.4 Å². The van der Waals surface area contributed by atoms with Gasteiger partial charge in [0.05, 0.1) is 0 Å². The van der Waals surface area contributed by atoms with Gasteiger partial charge < -0.3 is 0 Å². The molecule has 164 valence electrons. The lowest BCUT2D eigenvalue weighted by Crippen LogP contribution is -1.84. The second kappa shape index (κ2) is 26.5. The maximum absolute atomic E-state index is 6.92. The van der Waals surface area contributed by atoms with Gasteiger partial charge in [0.2, 0.25) is 0 Å². The predicted molar refractivity (Wildman–Crippen MR) is 129 cm³/mol. The number of hydrogen-bond donors (Lipinski definition) is 0. The van der Waals surface area contributed by atoms with Crippen molar-refractivity contribution in [2.24, 2.45) is 0 Å². The molecule has 0 fully saturated rings. The molecule has 0 bridgehead atoms. The van der Waals surface area contributed by atoms with Crippen molar-refractivity contribution in [2.75, 3.05) is 0 Å². The Morgan fingerprint density at radius 3 is 1.00 bits per heavy atom. The smallest absolute Gasteiger partial charge is 0.00991 e.